The summed E-state index contributed by atoms with van der Waals surface area (Å²) in [7, 11) is 0. The molecule has 18 heavy (non-hydrogen) atoms. The number of hydrogen-bond donors (Lipinski definition) is 0. The first-order valence-corrected chi connectivity index (χ1v) is 6.66. The van der Waals surface area contributed by atoms with Crippen LogP contribution in [-0.4, -0.2) is 35.8 Å². The number of rotatable bonds is 4. The van der Waals surface area contributed by atoms with Crippen molar-refractivity contribution in [2.45, 2.75) is 39.0 Å². The molecule has 5 heteroatoms. The second kappa shape index (κ2) is 5.50. The Morgan fingerprint density at radius 1 is 1.22 bits per heavy atom. The zero-order chi connectivity index (χ0) is 13.1. The molecule has 1 saturated carbocycles. The summed E-state index contributed by atoms with van der Waals surface area (Å²) in [4.78, 5) is 36.4. The van der Waals surface area contributed by atoms with Gasteiger partial charge >= 0.3 is 5.97 Å². The fourth-order valence-corrected chi connectivity index (χ4v) is 2.80. The molecule has 1 aliphatic carbocycles. The molecule has 2 fully saturated rings. The van der Waals surface area contributed by atoms with E-state index >= 15 is 0 Å². The third kappa shape index (κ3) is 2.40. The van der Waals surface area contributed by atoms with Crippen molar-refractivity contribution in [3.05, 3.63) is 0 Å². The van der Waals surface area contributed by atoms with Crippen molar-refractivity contribution in [3.63, 3.8) is 0 Å². The molecule has 0 radical (unpaired) electrons. The highest BCUT2D eigenvalue weighted by Gasteiger charge is 2.47. The van der Waals surface area contributed by atoms with Crippen molar-refractivity contribution in [1.29, 1.82) is 0 Å². The normalized spacial score (nSPS) is 27.3. The molecule has 1 heterocycles. The van der Waals surface area contributed by atoms with Crippen LogP contribution in [0.15, 0.2) is 0 Å². The number of carbonyl (C=O) groups is 3. The summed E-state index contributed by atoms with van der Waals surface area (Å²) >= 11 is 0. The van der Waals surface area contributed by atoms with E-state index in [1.165, 1.54) is 4.90 Å². The molecule has 1 aliphatic heterocycles. The monoisotopic (exact) mass is 253 g/mol. The largest absolute Gasteiger partial charge is 0.464 e. The molecule has 2 unspecified atom stereocenters. The van der Waals surface area contributed by atoms with Crippen molar-refractivity contribution in [2.75, 3.05) is 13.2 Å². The maximum Gasteiger partial charge on any atom is 0.305 e. The van der Waals surface area contributed by atoms with E-state index in [1.54, 1.807) is 6.92 Å². The van der Waals surface area contributed by atoms with Crippen molar-refractivity contribution >= 4 is 17.8 Å². The van der Waals surface area contributed by atoms with Gasteiger partial charge in [0.1, 0.15) is 6.61 Å². The zero-order valence-corrected chi connectivity index (χ0v) is 10.7. The smallest absolute Gasteiger partial charge is 0.305 e. The minimum atomic E-state index is -0.300. The van der Waals surface area contributed by atoms with E-state index in [0.29, 0.717) is 6.42 Å². The van der Waals surface area contributed by atoms with Gasteiger partial charge in [-0.05, 0) is 12.8 Å². The molecule has 2 aliphatic rings. The molecular weight excluding hydrogens is 234 g/mol. The van der Waals surface area contributed by atoms with Crippen LogP contribution in [0, 0.1) is 11.8 Å². The number of ether oxygens (including phenoxy) is 1. The van der Waals surface area contributed by atoms with E-state index in [4.69, 9.17) is 4.74 Å². The van der Waals surface area contributed by atoms with E-state index in [0.717, 1.165) is 25.7 Å². The lowest BCUT2D eigenvalue weighted by Gasteiger charge is -2.19. The lowest BCUT2D eigenvalue weighted by molar-refractivity contribution is -0.148. The Bertz CT molecular complexity index is 342. The van der Waals surface area contributed by atoms with Gasteiger partial charge in [-0.1, -0.05) is 19.8 Å². The lowest BCUT2D eigenvalue weighted by Crippen LogP contribution is -2.34. The quantitative estimate of drug-likeness (QED) is 0.556. The average Bonchev–Trinajstić information content (AvgIpc) is 2.64. The molecule has 0 bridgehead atoms. The fraction of sp³-hybridized carbons (Fsp3) is 0.769. The maximum absolute atomic E-state index is 12.1. The van der Waals surface area contributed by atoms with Crippen molar-refractivity contribution in [3.8, 4) is 0 Å². The van der Waals surface area contributed by atoms with Gasteiger partial charge in [0, 0.05) is 6.42 Å². The summed E-state index contributed by atoms with van der Waals surface area (Å²) in [6, 6.07) is 0. The summed E-state index contributed by atoms with van der Waals surface area (Å²) in [6.07, 6.45) is 4.01. The standard InChI is InChI=1S/C13H19NO4/c1-2-11(15)18-8-7-14-12(16)9-5-3-4-6-10(9)13(14)17/h9-10H,2-8H2,1H3. The van der Waals surface area contributed by atoms with E-state index in [-0.39, 0.29) is 42.8 Å². The van der Waals surface area contributed by atoms with Gasteiger partial charge in [-0.15, -0.1) is 0 Å². The summed E-state index contributed by atoms with van der Waals surface area (Å²) in [5.41, 5.74) is 0. The van der Waals surface area contributed by atoms with Gasteiger partial charge in [0.25, 0.3) is 0 Å². The first kappa shape index (κ1) is 13.1. The number of carbonyl (C=O) groups excluding carboxylic acids is 3. The lowest BCUT2D eigenvalue weighted by atomic mass is 9.81. The van der Waals surface area contributed by atoms with Gasteiger partial charge < -0.3 is 4.74 Å². The Morgan fingerprint density at radius 3 is 2.28 bits per heavy atom. The van der Waals surface area contributed by atoms with Crippen LogP contribution in [0.4, 0.5) is 0 Å². The van der Waals surface area contributed by atoms with Crippen LogP contribution in [0.2, 0.25) is 0 Å². The molecule has 0 N–H and O–H groups in total. The van der Waals surface area contributed by atoms with Crippen molar-refractivity contribution < 1.29 is 19.1 Å². The Labute approximate surface area is 106 Å². The molecule has 100 valence electrons. The van der Waals surface area contributed by atoms with Crippen LogP contribution in [0.25, 0.3) is 0 Å². The van der Waals surface area contributed by atoms with Gasteiger partial charge in [0.15, 0.2) is 0 Å². The molecule has 2 rings (SSSR count). The fourth-order valence-electron chi connectivity index (χ4n) is 2.80. The second-order valence-electron chi connectivity index (χ2n) is 4.90. The van der Waals surface area contributed by atoms with Crippen LogP contribution < -0.4 is 0 Å². The van der Waals surface area contributed by atoms with Crippen molar-refractivity contribution in [2.24, 2.45) is 11.8 Å². The highest BCUT2D eigenvalue weighted by molar-refractivity contribution is 6.05. The van der Waals surface area contributed by atoms with Gasteiger partial charge in [-0.3, -0.25) is 19.3 Å². The molecule has 0 aromatic rings. The van der Waals surface area contributed by atoms with Gasteiger partial charge in [0.2, 0.25) is 11.8 Å². The summed E-state index contributed by atoms with van der Waals surface area (Å²) in [5.74, 6) is -0.678. The number of esters is 1. The SMILES string of the molecule is CCC(=O)OCCN1C(=O)C2CCCCC2C1=O. The summed E-state index contributed by atoms with van der Waals surface area (Å²) in [6.45, 7) is 2.03. The first-order valence-electron chi connectivity index (χ1n) is 6.66. The highest BCUT2D eigenvalue weighted by Crippen LogP contribution is 2.37. The first-order chi connectivity index (χ1) is 8.65. The molecule has 2 atom stereocenters. The second-order valence-corrected chi connectivity index (χ2v) is 4.90. The van der Waals surface area contributed by atoms with E-state index in [2.05, 4.69) is 0 Å². The predicted molar refractivity (Wildman–Crippen MR) is 63.4 cm³/mol. The number of fused-ring (bicyclic) bond motifs is 1. The van der Waals surface area contributed by atoms with Gasteiger partial charge in [-0.2, -0.15) is 0 Å². The van der Waals surface area contributed by atoms with Crippen molar-refractivity contribution in [1.82, 2.24) is 4.90 Å². The molecular formula is C13H19NO4. The maximum atomic E-state index is 12.1. The number of amides is 2. The third-order valence-corrected chi connectivity index (χ3v) is 3.80. The van der Waals surface area contributed by atoms with Crippen LogP contribution in [-0.2, 0) is 19.1 Å². The van der Waals surface area contributed by atoms with E-state index < -0.39 is 0 Å². The molecule has 0 spiro atoms. The topological polar surface area (TPSA) is 63.7 Å². The molecule has 2 amide bonds. The predicted octanol–water partition coefficient (Wildman–Crippen LogP) is 1.11. The van der Waals surface area contributed by atoms with Crippen LogP contribution in [0.3, 0.4) is 0 Å². The van der Waals surface area contributed by atoms with Crippen LogP contribution in [0.5, 0.6) is 0 Å². The molecule has 1 saturated heterocycles. The Hall–Kier alpha value is -1.39. The zero-order valence-electron chi connectivity index (χ0n) is 10.7. The van der Waals surface area contributed by atoms with E-state index in [9.17, 15) is 14.4 Å². The number of nitrogens with zero attached hydrogens (tertiary/aromatic N) is 1. The summed E-state index contributed by atoms with van der Waals surface area (Å²) < 4.78 is 4.92. The van der Waals surface area contributed by atoms with Gasteiger partial charge in [0.05, 0.1) is 18.4 Å². The number of likely N-dealkylation sites (tertiary alicyclic amines) is 1. The highest BCUT2D eigenvalue weighted by atomic mass is 16.5. The number of imide groups is 1. The molecule has 0 aromatic carbocycles. The third-order valence-electron chi connectivity index (χ3n) is 3.80. The average molecular weight is 253 g/mol. The Kier molecular flexibility index (Phi) is 3.99. The van der Waals surface area contributed by atoms with E-state index in [1.807, 2.05) is 0 Å². The minimum Gasteiger partial charge on any atom is -0.464 e. The molecule has 5 nitrogen and oxygen atoms in total. The number of hydrogen-bond acceptors (Lipinski definition) is 4. The minimum absolute atomic E-state index is 0.0720. The molecule has 0 aromatic heterocycles. The Balaban J connectivity index is 1.90. The van der Waals surface area contributed by atoms with Gasteiger partial charge in [-0.25, -0.2) is 0 Å². The van der Waals surface area contributed by atoms with Crippen LogP contribution in [0.1, 0.15) is 39.0 Å². The van der Waals surface area contributed by atoms with Crippen LogP contribution >= 0.6 is 0 Å². The Morgan fingerprint density at radius 2 is 1.78 bits per heavy atom. The summed E-state index contributed by atoms with van der Waals surface area (Å²) in [5, 5.41) is 0.